The second-order valence-electron chi connectivity index (χ2n) is 4.45. The monoisotopic (exact) mass is 222 g/mol. The molecule has 1 saturated carbocycles. The minimum atomic E-state index is -0.120. The van der Waals surface area contributed by atoms with Gasteiger partial charge in [-0.3, -0.25) is 9.69 Å². The lowest BCUT2D eigenvalue weighted by atomic mass is 10.2. The van der Waals surface area contributed by atoms with Gasteiger partial charge in [-0.05, 0) is 38.9 Å². The normalized spacial score (nSPS) is 17.4. The summed E-state index contributed by atoms with van der Waals surface area (Å²) >= 11 is 0. The fraction of sp³-hybridized carbons (Fsp3) is 0.583. The topological polar surface area (TPSA) is 45.5 Å². The van der Waals surface area contributed by atoms with Gasteiger partial charge in [0, 0.05) is 6.04 Å². The molecule has 88 valence electrons. The van der Waals surface area contributed by atoms with E-state index in [1.807, 2.05) is 31.0 Å². The van der Waals surface area contributed by atoms with Crippen LogP contribution in [0.1, 0.15) is 25.5 Å². The summed E-state index contributed by atoms with van der Waals surface area (Å²) in [5.41, 5.74) is 0. The molecule has 1 aliphatic rings. The summed E-state index contributed by atoms with van der Waals surface area (Å²) in [4.78, 5) is 13.8. The van der Waals surface area contributed by atoms with Gasteiger partial charge in [-0.2, -0.15) is 0 Å². The van der Waals surface area contributed by atoms with Crippen LogP contribution in [0.15, 0.2) is 22.8 Å². The summed E-state index contributed by atoms with van der Waals surface area (Å²) in [6.45, 7) is 2.58. The first-order valence-electron chi connectivity index (χ1n) is 5.70. The van der Waals surface area contributed by atoms with Crippen LogP contribution in [-0.4, -0.2) is 29.9 Å². The minimum absolute atomic E-state index is 0.108. The van der Waals surface area contributed by atoms with Crippen LogP contribution in [0.5, 0.6) is 0 Å². The first-order chi connectivity index (χ1) is 7.66. The van der Waals surface area contributed by atoms with E-state index >= 15 is 0 Å². The molecular formula is C12H18N2O2. The lowest BCUT2D eigenvalue weighted by molar-refractivity contribution is -0.125. The fourth-order valence-electron chi connectivity index (χ4n) is 1.53. The summed E-state index contributed by atoms with van der Waals surface area (Å²) in [6, 6.07) is 4.08. The number of hydrogen-bond donors (Lipinski definition) is 1. The fourth-order valence-corrected chi connectivity index (χ4v) is 1.53. The third-order valence-corrected chi connectivity index (χ3v) is 2.95. The highest BCUT2D eigenvalue weighted by Gasteiger charge is 2.27. The van der Waals surface area contributed by atoms with Crippen LogP contribution in [-0.2, 0) is 11.3 Å². The van der Waals surface area contributed by atoms with Crippen LogP contribution in [0.25, 0.3) is 0 Å². The number of carbonyl (C=O) groups excluding carboxylic acids is 1. The Morgan fingerprint density at radius 3 is 3.00 bits per heavy atom. The smallest absolute Gasteiger partial charge is 0.237 e. The number of rotatable bonds is 5. The van der Waals surface area contributed by atoms with Gasteiger partial charge in [0.1, 0.15) is 5.76 Å². The zero-order valence-electron chi connectivity index (χ0n) is 9.77. The second-order valence-corrected chi connectivity index (χ2v) is 4.45. The van der Waals surface area contributed by atoms with Gasteiger partial charge in [0.05, 0.1) is 18.8 Å². The minimum Gasteiger partial charge on any atom is -0.468 e. The molecule has 0 aromatic carbocycles. The van der Waals surface area contributed by atoms with E-state index < -0.39 is 0 Å². The van der Waals surface area contributed by atoms with E-state index in [1.54, 1.807) is 6.26 Å². The molecule has 1 atom stereocenters. The van der Waals surface area contributed by atoms with E-state index in [-0.39, 0.29) is 11.9 Å². The molecule has 1 aromatic heterocycles. The summed E-state index contributed by atoms with van der Waals surface area (Å²) in [6.07, 6.45) is 3.90. The Bertz CT molecular complexity index is 344. The van der Waals surface area contributed by atoms with Crippen molar-refractivity contribution >= 4 is 5.91 Å². The molecule has 1 heterocycles. The molecule has 0 unspecified atom stereocenters. The molecule has 1 amide bonds. The molecule has 1 N–H and O–H groups in total. The van der Waals surface area contributed by atoms with E-state index in [1.165, 1.54) is 0 Å². The number of likely N-dealkylation sites (N-methyl/N-ethyl adjacent to an activating group) is 1. The predicted octanol–water partition coefficient (Wildman–Crippen LogP) is 1.38. The average Bonchev–Trinajstić information content (AvgIpc) is 2.92. The number of hydrogen-bond acceptors (Lipinski definition) is 3. The molecule has 1 fully saturated rings. The zero-order chi connectivity index (χ0) is 11.5. The van der Waals surface area contributed by atoms with Gasteiger partial charge >= 0.3 is 0 Å². The van der Waals surface area contributed by atoms with Gasteiger partial charge in [-0.1, -0.05) is 0 Å². The largest absolute Gasteiger partial charge is 0.468 e. The van der Waals surface area contributed by atoms with Crippen LogP contribution in [0.3, 0.4) is 0 Å². The molecule has 1 aromatic rings. The number of carbonyl (C=O) groups is 1. The van der Waals surface area contributed by atoms with E-state index in [4.69, 9.17) is 4.42 Å². The van der Waals surface area contributed by atoms with E-state index in [9.17, 15) is 4.79 Å². The molecule has 0 saturated heterocycles. The number of nitrogens with one attached hydrogen (secondary N) is 1. The second kappa shape index (κ2) is 4.70. The van der Waals surface area contributed by atoms with Gasteiger partial charge in [0.25, 0.3) is 0 Å². The average molecular weight is 222 g/mol. The molecule has 0 aliphatic heterocycles. The van der Waals surface area contributed by atoms with Crippen molar-refractivity contribution < 1.29 is 9.21 Å². The highest BCUT2D eigenvalue weighted by Crippen LogP contribution is 2.19. The molecule has 2 rings (SSSR count). The summed E-state index contributed by atoms with van der Waals surface area (Å²) in [5, 5.41) is 3.00. The van der Waals surface area contributed by atoms with Gasteiger partial charge in [-0.15, -0.1) is 0 Å². The Hall–Kier alpha value is -1.29. The quantitative estimate of drug-likeness (QED) is 0.818. The third-order valence-electron chi connectivity index (χ3n) is 2.95. The van der Waals surface area contributed by atoms with Gasteiger partial charge in [0.2, 0.25) is 5.91 Å². The summed E-state index contributed by atoms with van der Waals surface area (Å²) < 4.78 is 5.25. The number of nitrogens with zero attached hydrogens (tertiary/aromatic N) is 1. The van der Waals surface area contributed by atoms with Crippen molar-refractivity contribution in [1.82, 2.24) is 10.2 Å². The van der Waals surface area contributed by atoms with Crippen molar-refractivity contribution in [3.63, 3.8) is 0 Å². The standard InChI is InChI=1S/C12H18N2O2/c1-9(12(15)13-10-5-6-10)14(2)8-11-4-3-7-16-11/h3-4,7,9-10H,5-6,8H2,1-2H3,(H,13,15)/t9-/m0/s1. The molecule has 4 heteroatoms. The Balaban J connectivity index is 1.82. The molecule has 16 heavy (non-hydrogen) atoms. The van der Waals surface area contributed by atoms with E-state index in [0.717, 1.165) is 18.6 Å². The summed E-state index contributed by atoms with van der Waals surface area (Å²) in [7, 11) is 1.93. The van der Waals surface area contributed by atoms with Crippen LogP contribution in [0.2, 0.25) is 0 Å². The van der Waals surface area contributed by atoms with Gasteiger partial charge in [0.15, 0.2) is 0 Å². The van der Waals surface area contributed by atoms with Gasteiger partial charge < -0.3 is 9.73 Å². The van der Waals surface area contributed by atoms with Crippen LogP contribution in [0.4, 0.5) is 0 Å². The van der Waals surface area contributed by atoms with Crippen molar-refractivity contribution in [2.45, 2.75) is 38.4 Å². The molecule has 1 aliphatic carbocycles. The van der Waals surface area contributed by atoms with Crippen molar-refractivity contribution in [1.29, 1.82) is 0 Å². The Morgan fingerprint density at radius 2 is 2.44 bits per heavy atom. The predicted molar refractivity (Wildman–Crippen MR) is 60.8 cm³/mol. The van der Waals surface area contributed by atoms with Crippen molar-refractivity contribution in [2.75, 3.05) is 7.05 Å². The lowest BCUT2D eigenvalue weighted by Crippen LogP contribution is -2.43. The van der Waals surface area contributed by atoms with Gasteiger partial charge in [-0.25, -0.2) is 0 Å². The first-order valence-corrected chi connectivity index (χ1v) is 5.70. The third kappa shape index (κ3) is 2.85. The molecule has 4 nitrogen and oxygen atoms in total. The van der Waals surface area contributed by atoms with Crippen molar-refractivity contribution in [3.8, 4) is 0 Å². The molecular weight excluding hydrogens is 204 g/mol. The lowest BCUT2D eigenvalue weighted by Gasteiger charge is -2.22. The zero-order valence-corrected chi connectivity index (χ0v) is 9.77. The summed E-state index contributed by atoms with van der Waals surface area (Å²) in [5.74, 6) is 0.991. The van der Waals surface area contributed by atoms with E-state index in [0.29, 0.717) is 12.6 Å². The van der Waals surface area contributed by atoms with Crippen molar-refractivity contribution in [2.24, 2.45) is 0 Å². The Morgan fingerprint density at radius 1 is 1.69 bits per heavy atom. The number of amides is 1. The maximum atomic E-state index is 11.8. The highest BCUT2D eigenvalue weighted by molar-refractivity contribution is 5.81. The maximum Gasteiger partial charge on any atom is 0.237 e. The maximum absolute atomic E-state index is 11.8. The number of furan rings is 1. The van der Waals surface area contributed by atoms with Crippen LogP contribution < -0.4 is 5.32 Å². The highest BCUT2D eigenvalue weighted by atomic mass is 16.3. The molecule has 0 bridgehead atoms. The van der Waals surface area contributed by atoms with Crippen molar-refractivity contribution in [3.05, 3.63) is 24.2 Å². The Labute approximate surface area is 95.6 Å². The first kappa shape index (κ1) is 11.2. The SMILES string of the molecule is C[C@@H](C(=O)NC1CC1)N(C)Cc1ccco1. The molecule has 0 radical (unpaired) electrons. The Kier molecular flexibility index (Phi) is 3.29. The van der Waals surface area contributed by atoms with E-state index in [2.05, 4.69) is 5.32 Å². The van der Waals surface area contributed by atoms with Crippen LogP contribution >= 0.6 is 0 Å². The van der Waals surface area contributed by atoms with Crippen LogP contribution in [0, 0.1) is 0 Å². The molecule has 0 spiro atoms.